The van der Waals surface area contributed by atoms with Crippen molar-refractivity contribution in [3.05, 3.63) is 65.2 Å². The van der Waals surface area contributed by atoms with Crippen LogP contribution in [0.1, 0.15) is 29.0 Å². The van der Waals surface area contributed by atoms with Gasteiger partial charge in [0.1, 0.15) is 0 Å². The summed E-state index contributed by atoms with van der Waals surface area (Å²) in [4.78, 5) is 12.1. The van der Waals surface area contributed by atoms with E-state index in [1.165, 1.54) is 17.7 Å². The van der Waals surface area contributed by atoms with Crippen LogP contribution in [0.4, 0.5) is 18.9 Å². The molecule has 2 aromatic rings. The summed E-state index contributed by atoms with van der Waals surface area (Å²) in [6, 6.07) is 12.4. The number of anilines is 1. The number of alkyl halides is 3. The Bertz CT molecular complexity index is 718. The average molecular weight is 348 g/mol. The Morgan fingerprint density at radius 3 is 2.32 bits per heavy atom. The molecule has 1 heterocycles. The smallest absolute Gasteiger partial charge is 0.326 e. The van der Waals surface area contributed by atoms with E-state index in [9.17, 15) is 18.0 Å². The van der Waals surface area contributed by atoms with Gasteiger partial charge in [0.25, 0.3) is 0 Å². The molecule has 1 aliphatic heterocycles. The van der Waals surface area contributed by atoms with Gasteiger partial charge in [0, 0.05) is 12.2 Å². The summed E-state index contributed by atoms with van der Waals surface area (Å²) in [6.07, 6.45) is -3.22. The number of carbonyl (C=O) groups excluding carboxylic acids is 1. The zero-order chi connectivity index (χ0) is 17.9. The van der Waals surface area contributed by atoms with Crippen LogP contribution in [0, 0.1) is 0 Å². The van der Waals surface area contributed by atoms with Crippen molar-refractivity contribution in [2.24, 2.45) is 0 Å². The van der Waals surface area contributed by atoms with E-state index in [1.54, 1.807) is 0 Å². The van der Waals surface area contributed by atoms with Gasteiger partial charge in [-0.3, -0.25) is 4.79 Å². The molecule has 0 saturated carbocycles. The molecule has 2 N–H and O–H groups in total. The number of amides is 1. The fraction of sp³-hybridized carbons (Fsp3) is 0.316. The molecule has 3 rings (SSSR count). The maximum Gasteiger partial charge on any atom is 0.416 e. The molecule has 1 aliphatic rings. The molecule has 0 bridgehead atoms. The van der Waals surface area contributed by atoms with E-state index in [0.717, 1.165) is 31.6 Å². The van der Waals surface area contributed by atoms with Crippen molar-refractivity contribution >= 4 is 11.6 Å². The van der Waals surface area contributed by atoms with E-state index in [1.807, 2.05) is 24.3 Å². The van der Waals surface area contributed by atoms with Gasteiger partial charge >= 0.3 is 6.18 Å². The van der Waals surface area contributed by atoms with Crippen LogP contribution in [0.5, 0.6) is 0 Å². The lowest BCUT2D eigenvalue weighted by atomic mass is 9.98. The molecule has 6 heteroatoms. The molecule has 1 saturated heterocycles. The molecular weight excluding hydrogens is 329 g/mol. The van der Waals surface area contributed by atoms with E-state index < -0.39 is 11.7 Å². The average Bonchev–Trinajstić information content (AvgIpc) is 3.09. The minimum atomic E-state index is -4.36. The van der Waals surface area contributed by atoms with Gasteiger partial charge in [0.15, 0.2) is 0 Å². The maximum atomic E-state index is 12.5. The Hall–Kier alpha value is -2.34. The number of rotatable bonds is 4. The number of hydrogen-bond acceptors (Lipinski definition) is 2. The van der Waals surface area contributed by atoms with Gasteiger partial charge in [-0.15, -0.1) is 0 Å². The standard InChI is InChI=1S/C19H19F3N2O/c20-19(21,22)16-5-1-13(2-6-16)11-18(25)24-17-7-3-14(4-8-17)15-9-10-23-12-15/h1-8,15,23H,9-12H2,(H,24,25)/t15-/m1/s1. The summed E-state index contributed by atoms with van der Waals surface area (Å²) >= 11 is 0. The van der Waals surface area contributed by atoms with E-state index in [0.29, 0.717) is 17.2 Å². The first-order chi connectivity index (χ1) is 11.9. The molecule has 3 nitrogen and oxygen atoms in total. The maximum absolute atomic E-state index is 12.5. The molecule has 1 fully saturated rings. The van der Waals surface area contributed by atoms with Crippen LogP contribution in [0.15, 0.2) is 48.5 Å². The minimum Gasteiger partial charge on any atom is -0.326 e. The molecule has 132 valence electrons. The molecule has 25 heavy (non-hydrogen) atoms. The SMILES string of the molecule is O=C(Cc1ccc(C(F)(F)F)cc1)Nc1ccc([C@@H]2CCNC2)cc1. The van der Waals surface area contributed by atoms with Crippen LogP contribution in [-0.2, 0) is 17.4 Å². The zero-order valence-electron chi connectivity index (χ0n) is 13.6. The summed E-state index contributed by atoms with van der Waals surface area (Å²) in [5.41, 5.74) is 1.75. The van der Waals surface area contributed by atoms with Crippen molar-refractivity contribution in [3.63, 3.8) is 0 Å². The largest absolute Gasteiger partial charge is 0.416 e. The molecule has 1 atom stereocenters. The van der Waals surface area contributed by atoms with Gasteiger partial charge in [0.05, 0.1) is 12.0 Å². The van der Waals surface area contributed by atoms with Crippen LogP contribution in [0.25, 0.3) is 0 Å². The summed E-state index contributed by atoms with van der Waals surface area (Å²) < 4.78 is 37.6. The Morgan fingerprint density at radius 2 is 1.76 bits per heavy atom. The summed E-state index contributed by atoms with van der Waals surface area (Å²) in [5.74, 6) is 0.256. The molecular formula is C19H19F3N2O. The lowest BCUT2D eigenvalue weighted by Crippen LogP contribution is -2.14. The Morgan fingerprint density at radius 1 is 1.08 bits per heavy atom. The molecule has 2 aromatic carbocycles. The molecule has 0 aliphatic carbocycles. The second-order valence-electron chi connectivity index (χ2n) is 6.23. The van der Waals surface area contributed by atoms with Crippen molar-refractivity contribution in [2.75, 3.05) is 18.4 Å². The molecule has 0 spiro atoms. The van der Waals surface area contributed by atoms with Crippen molar-refractivity contribution < 1.29 is 18.0 Å². The van der Waals surface area contributed by atoms with Crippen LogP contribution < -0.4 is 10.6 Å². The molecule has 0 aromatic heterocycles. The van der Waals surface area contributed by atoms with Crippen molar-refractivity contribution in [1.82, 2.24) is 5.32 Å². The third-order valence-corrected chi connectivity index (χ3v) is 4.37. The highest BCUT2D eigenvalue weighted by Gasteiger charge is 2.29. The Labute approximate surface area is 144 Å². The first-order valence-corrected chi connectivity index (χ1v) is 8.18. The second-order valence-corrected chi connectivity index (χ2v) is 6.23. The highest BCUT2D eigenvalue weighted by Crippen LogP contribution is 2.29. The number of benzene rings is 2. The van der Waals surface area contributed by atoms with Crippen LogP contribution >= 0.6 is 0 Å². The summed E-state index contributed by atoms with van der Waals surface area (Å²) in [7, 11) is 0. The second kappa shape index (κ2) is 7.27. The predicted molar refractivity (Wildman–Crippen MR) is 90.4 cm³/mol. The van der Waals surface area contributed by atoms with Gasteiger partial charge in [-0.05, 0) is 54.3 Å². The fourth-order valence-corrected chi connectivity index (χ4v) is 2.98. The number of hydrogen-bond donors (Lipinski definition) is 2. The minimum absolute atomic E-state index is 0.0342. The van der Waals surface area contributed by atoms with Gasteiger partial charge in [0.2, 0.25) is 5.91 Å². The van der Waals surface area contributed by atoms with Crippen molar-refractivity contribution in [2.45, 2.75) is 24.9 Å². The summed E-state index contributed by atoms with van der Waals surface area (Å²) in [5, 5.41) is 6.09. The van der Waals surface area contributed by atoms with Crippen LogP contribution in [-0.4, -0.2) is 19.0 Å². The van der Waals surface area contributed by atoms with E-state index in [4.69, 9.17) is 0 Å². The van der Waals surface area contributed by atoms with Gasteiger partial charge in [-0.25, -0.2) is 0 Å². The van der Waals surface area contributed by atoms with Crippen molar-refractivity contribution in [1.29, 1.82) is 0 Å². The normalized spacial score (nSPS) is 17.5. The number of carbonyl (C=O) groups is 1. The third-order valence-electron chi connectivity index (χ3n) is 4.37. The van der Waals surface area contributed by atoms with Gasteiger partial charge in [-0.1, -0.05) is 24.3 Å². The molecule has 0 unspecified atom stereocenters. The van der Waals surface area contributed by atoms with Crippen LogP contribution in [0.2, 0.25) is 0 Å². The zero-order valence-corrected chi connectivity index (χ0v) is 13.6. The van der Waals surface area contributed by atoms with E-state index in [-0.39, 0.29) is 12.3 Å². The predicted octanol–water partition coefficient (Wildman–Crippen LogP) is 3.96. The van der Waals surface area contributed by atoms with E-state index in [2.05, 4.69) is 10.6 Å². The fourth-order valence-electron chi connectivity index (χ4n) is 2.98. The topological polar surface area (TPSA) is 41.1 Å². The van der Waals surface area contributed by atoms with Crippen molar-refractivity contribution in [3.8, 4) is 0 Å². The van der Waals surface area contributed by atoms with Crippen LogP contribution in [0.3, 0.4) is 0 Å². The highest BCUT2D eigenvalue weighted by atomic mass is 19.4. The third kappa shape index (κ3) is 4.60. The highest BCUT2D eigenvalue weighted by molar-refractivity contribution is 5.92. The Kier molecular flexibility index (Phi) is 5.08. The lowest BCUT2D eigenvalue weighted by molar-refractivity contribution is -0.137. The number of nitrogens with one attached hydrogen (secondary N) is 2. The lowest BCUT2D eigenvalue weighted by Gasteiger charge is -2.11. The monoisotopic (exact) mass is 348 g/mol. The van der Waals surface area contributed by atoms with E-state index >= 15 is 0 Å². The first kappa shape index (κ1) is 17.5. The Balaban J connectivity index is 1.57. The molecule has 1 amide bonds. The first-order valence-electron chi connectivity index (χ1n) is 8.18. The molecule has 0 radical (unpaired) electrons. The van der Waals surface area contributed by atoms with Gasteiger partial charge < -0.3 is 10.6 Å². The van der Waals surface area contributed by atoms with Gasteiger partial charge in [-0.2, -0.15) is 13.2 Å². The summed E-state index contributed by atoms with van der Waals surface area (Å²) in [6.45, 7) is 2.00. The quantitative estimate of drug-likeness (QED) is 0.878. The number of halogens is 3.